The highest BCUT2D eigenvalue weighted by atomic mass is 17.0. The van der Waals surface area contributed by atoms with E-state index >= 15 is 0 Å². The molecule has 0 fully saturated rings. The highest BCUT2D eigenvalue weighted by molar-refractivity contribution is 4.58. The maximum atomic E-state index is 11.6. The van der Waals surface area contributed by atoms with E-state index in [9.17, 15) is 25.1 Å². The van der Waals surface area contributed by atoms with E-state index in [1.807, 2.05) is 27.7 Å². The fourth-order valence-corrected chi connectivity index (χ4v) is 1.95. The lowest BCUT2D eigenvalue weighted by Crippen LogP contribution is -2.34. The Labute approximate surface area is 128 Å². The summed E-state index contributed by atoms with van der Waals surface area (Å²) >= 11 is 0. The minimum absolute atomic E-state index is 0.0867. The van der Waals surface area contributed by atoms with Gasteiger partial charge in [0.1, 0.15) is 4.91 Å². The van der Waals surface area contributed by atoms with Crippen LogP contribution in [0.3, 0.4) is 0 Å². The average Bonchev–Trinajstić information content (AvgIpc) is 2.23. The van der Waals surface area contributed by atoms with Gasteiger partial charge in [0.25, 0.3) is 0 Å². The molecule has 0 aliphatic heterocycles. The summed E-state index contributed by atoms with van der Waals surface area (Å²) in [5.74, 6) is 0.173. The normalized spacial score (nSPS) is 13.7. The zero-order chi connectivity index (χ0) is 17.3. The van der Waals surface area contributed by atoms with Gasteiger partial charge in [-0.05, 0) is 11.8 Å². The van der Waals surface area contributed by atoms with Gasteiger partial charge >= 0.3 is 5.09 Å². The van der Waals surface area contributed by atoms with Crippen LogP contribution < -0.4 is 0 Å². The Morgan fingerprint density at radius 2 is 1.09 bits per heavy atom. The Morgan fingerprint density at radius 1 is 0.773 bits per heavy atom. The maximum Gasteiger partial charge on any atom is 0.478 e. The van der Waals surface area contributed by atoms with Crippen LogP contribution >= 0.6 is 0 Å². The largest absolute Gasteiger partial charge is 0.478 e. The third-order valence-corrected chi connectivity index (χ3v) is 2.64. The molecule has 0 amide bonds. The third kappa shape index (κ3) is 10.7. The summed E-state index contributed by atoms with van der Waals surface area (Å²) in [7, 11) is 0. The highest BCUT2D eigenvalue weighted by Gasteiger charge is 2.33. The molecule has 2 unspecified atom stereocenters. The van der Waals surface area contributed by atoms with Gasteiger partial charge in [-0.3, -0.25) is 20.2 Å². The fraction of sp³-hybridized carbons (Fsp3) is 1.00. The quantitative estimate of drug-likeness (QED) is 0.397. The molecule has 22 heavy (non-hydrogen) atoms. The molecule has 2 atom stereocenters. The standard InChI is InChI=1S/C12H24N3O7/c1-9(2)5-11(7-13(16)17)21-15(20)22-12(6-10(3)4)8-14(18)19/h9-12H,5-8H2,1-4H3/q+1. The van der Waals surface area contributed by atoms with E-state index in [1.54, 1.807) is 0 Å². The van der Waals surface area contributed by atoms with E-state index in [0.717, 1.165) is 0 Å². The van der Waals surface area contributed by atoms with Crippen LogP contribution in [0.1, 0.15) is 40.5 Å². The van der Waals surface area contributed by atoms with E-state index in [0.29, 0.717) is 12.8 Å². The fourth-order valence-electron chi connectivity index (χ4n) is 1.95. The third-order valence-electron chi connectivity index (χ3n) is 2.64. The average molecular weight is 322 g/mol. The van der Waals surface area contributed by atoms with Crippen LogP contribution in [0.25, 0.3) is 0 Å². The van der Waals surface area contributed by atoms with Crippen molar-refractivity contribution in [1.29, 1.82) is 0 Å². The summed E-state index contributed by atoms with van der Waals surface area (Å²) in [6, 6.07) is 0. The summed E-state index contributed by atoms with van der Waals surface area (Å²) in [4.78, 5) is 41.3. The Balaban J connectivity index is 4.60. The first kappa shape index (κ1) is 20.0. The molecule has 0 aromatic rings. The lowest BCUT2D eigenvalue weighted by molar-refractivity contribution is -0.995. The van der Waals surface area contributed by atoms with Crippen LogP contribution in [0.4, 0.5) is 0 Å². The van der Waals surface area contributed by atoms with Crippen LogP contribution in [-0.4, -0.2) is 40.2 Å². The van der Waals surface area contributed by atoms with E-state index < -0.39 is 35.1 Å². The molecule has 0 spiro atoms. The molecule has 0 bridgehead atoms. The molecule has 0 aliphatic rings. The van der Waals surface area contributed by atoms with Crippen molar-refractivity contribution in [2.45, 2.75) is 52.7 Å². The van der Waals surface area contributed by atoms with Crippen molar-refractivity contribution in [3.8, 4) is 0 Å². The molecule has 0 radical (unpaired) electrons. The van der Waals surface area contributed by atoms with Crippen molar-refractivity contribution in [2.75, 3.05) is 13.1 Å². The van der Waals surface area contributed by atoms with Crippen molar-refractivity contribution in [2.24, 2.45) is 11.8 Å². The second kappa shape index (κ2) is 9.85. The summed E-state index contributed by atoms with van der Waals surface area (Å²) in [6.45, 7) is 6.26. The minimum atomic E-state index is -0.942. The van der Waals surface area contributed by atoms with Crippen LogP contribution in [-0.2, 0) is 9.68 Å². The minimum Gasteiger partial charge on any atom is -0.264 e. The van der Waals surface area contributed by atoms with E-state index in [-0.39, 0.29) is 16.9 Å². The van der Waals surface area contributed by atoms with Crippen LogP contribution in [0.2, 0.25) is 0 Å². The lowest BCUT2D eigenvalue weighted by Gasteiger charge is -2.11. The van der Waals surface area contributed by atoms with Crippen molar-refractivity contribution < 1.29 is 24.6 Å². The second-order valence-corrected chi connectivity index (χ2v) is 5.97. The smallest absolute Gasteiger partial charge is 0.264 e. The second-order valence-electron chi connectivity index (χ2n) is 5.97. The first-order valence-electron chi connectivity index (χ1n) is 7.14. The number of hydrogen-bond acceptors (Lipinski definition) is 7. The van der Waals surface area contributed by atoms with Gasteiger partial charge in [-0.25, -0.2) is 0 Å². The Hall–Kier alpha value is -2.00. The number of nitro groups is 2. The van der Waals surface area contributed by atoms with Crippen LogP contribution in [0.15, 0.2) is 0 Å². The summed E-state index contributed by atoms with van der Waals surface area (Å²) in [5, 5.41) is 20.9. The Morgan fingerprint density at radius 3 is 1.32 bits per heavy atom. The Bertz CT molecular complexity index is 353. The van der Waals surface area contributed by atoms with E-state index in [1.165, 1.54) is 0 Å². The summed E-state index contributed by atoms with van der Waals surface area (Å²) in [6.07, 6.45) is -1.29. The first-order chi connectivity index (χ1) is 10.1. The van der Waals surface area contributed by atoms with Gasteiger partial charge in [0.2, 0.25) is 25.3 Å². The van der Waals surface area contributed by atoms with Crippen molar-refractivity contribution in [3.63, 3.8) is 0 Å². The van der Waals surface area contributed by atoms with E-state index in [2.05, 4.69) is 0 Å². The summed E-state index contributed by atoms with van der Waals surface area (Å²) in [5.41, 5.74) is 0. The predicted molar refractivity (Wildman–Crippen MR) is 76.0 cm³/mol. The van der Waals surface area contributed by atoms with E-state index in [4.69, 9.17) is 9.68 Å². The van der Waals surface area contributed by atoms with Gasteiger partial charge in [0, 0.05) is 22.7 Å². The molecule has 128 valence electrons. The van der Waals surface area contributed by atoms with Gasteiger partial charge in [0.05, 0.1) is 0 Å². The summed E-state index contributed by atoms with van der Waals surface area (Å²) < 4.78 is 0. The predicted octanol–water partition coefficient (Wildman–Crippen LogP) is 2.01. The maximum absolute atomic E-state index is 11.6. The molecule has 0 N–H and O–H groups in total. The van der Waals surface area contributed by atoms with Crippen molar-refractivity contribution in [3.05, 3.63) is 25.1 Å². The molecular formula is C12H24N3O7+. The van der Waals surface area contributed by atoms with Gasteiger partial charge in [-0.2, -0.15) is 9.68 Å². The monoisotopic (exact) mass is 322 g/mol. The number of rotatable bonds is 12. The molecule has 0 aromatic heterocycles. The number of nitrogens with zero attached hydrogens (tertiary/aromatic N) is 3. The van der Waals surface area contributed by atoms with Crippen LogP contribution in [0, 0.1) is 37.0 Å². The SMILES string of the molecule is CC(C)CC(C[N+](=O)[O-])O[N+](=O)OC(CC(C)C)C[N+](=O)[O-]. The zero-order valence-electron chi connectivity index (χ0n) is 13.3. The van der Waals surface area contributed by atoms with Crippen molar-refractivity contribution >= 4 is 0 Å². The molecular weight excluding hydrogens is 298 g/mol. The molecule has 0 aromatic carbocycles. The van der Waals surface area contributed by atoms with Crippen molar-refractivity contribution in [1.82, 2.24) is 0 Å². The topological polar surface area (TPSA) is 125 Å². The Kier molecular flexibility index (Phi) is 8.95. The van der Waals surface area contributed by atoms with Crippen LogP contribution in [0.5, 0.6) is 0 Å². The molecule has 0 saturated heterocycles. The van der Waals surface area contributed by atoms with Gasteiger partial charge in [-0.1, -0.05) is 27.7 Å². The lowest BCUT2D eigenvalue weighted by atomic mass is 10.1. The number of hydrogen-bond donors (Lipinski definition) is 0. The molecule has 0 heterocycles. The molecule has 0 rings (SSSR count). The molecule has 0 aliphatic carbocycles. The zero-order valence-corrected chi connectivity index (χ0v) is 13.3. The van der Waals surface area contributed by atoms with Gasteiger partial charge in [0.15, 0.2) is 0 Å². The highest BCUT2D eigenvalue weighted by Crippen LogP contribution is 2.12. The molecule has 10 nitrogen and oxygen atoms in total. The molecule has 0 saturated carbocycles. The van der Waals surface area contributed by atoms with Gasteiger partial charge < -0.3 is 0 Å². The van der Waals surface area contributed by atoms with Gasteiger partial charge in [-0.15, -0.1) is 0 Å². The first-order valence-corrected chi connectivity index (χ1v) is 7.14. The molecule has 10 heteroatoms.